The Labute approximate surface area is 134 Å². The topological polar surface area (TPSA) is 62.7 Å². The Bertz CT molecular complexity index is 609. The van der Waals surface area contributed by atoms with Crippen molar-refractivity contribution in [2.45, 2.75) is 25.9 Å². The van der Waals surface area contributed by atoms with Gasteiger partial charge in [-0.3, -0.25) is 9.59 Å². The van der Waals surface area contributed by atoms with Crippen LogP contribution in [0.5, 0.6) is 0 Å². The van der Waals surface area contributed by atoms with Gasteiger partial charge < -0.3 is 14.5 Å². The third kappa shape index (κ3) is 3.34. The number of piperazine rings is 1. The molecule has 0 spiro atoms. The number of rotatable bonds is 2. The lowest BCUT2D eigenvalue weighted by atomic mass is 10.2. The maximum atomic E-state index is 13.9. The average Bonchev–Trinajstić information content (AvgIpc) is 3.08. The van der Waals surface area contributed by atoms with E-state index in [2.05, 4.69) is 4.98 Å². The second kappa shape index (κ2) is 6.62. The predicted molar refractivity (Wildman–Crippen MR) is 80.4 cm³/mol. The highest BCUT2D eigenvalue weighted by atomic mass is 19.1. The Morgan fingerprint density at radius 2 is 1.96 bits per heavy atom. The third-order valence-electron chi connectivity index (χ3n) is 4.26. The summed E-state index contributed by atoms with van der Waals surface area (Å²) in [7, 11) is 0. The maximum Gasteiger partial charge on any atom is 0.275 e. The van der Waals surface area contributed by atoms with E-state index in [9.17, 15) is 14.0 Å². The van der Waals surface area contributed by atoms with Crippen LogP contribution in [0.2, 0.25) is 0 Å². The second-order valence-electron chi connectivity index (χ2n) is 5.96. The summed E-state index contributed by atoms with van der Waals surface area (Å²) in [6.07, 6.45) is 2.81. The van der Waals surface area contributed by atoms with Crippen LogP contribution >= 0.6 is 0 Å². The number of amides is 2. The first kappa shape index (κ1) is 15.9. The Kier molecular flexibility index (Phi) is 4.56. The molecule has 6 nitrogen and oxygen atoms in total. The summed E-state index contributed by atoms with van der Waals surface area (Å²) in [5.74, 6) is -1.03. The molecule has 124 valence electrons. The monoisotopic (exact) mass is 321 g/mol. The van der Waals surface area contributed by atoms with Gasteiger partial charge in [0.2, 0.25) is 0 Å². The Hall–Kier alpha value is -2.02. The lowest BCUT2D eigenvalue weighted by molar-refractivity contribution is -0.142. The smallest absolute Gasteiger partial charge is 0.275 e. The fraction of sp³-hybridized carbons (Fsp3) is 0.562. The van der Waals surface area contributed by atoms with Crippen LogP contribution < -0.4 is 0 Å². The summed E-state index contributed by atoms with van der Waals surface area (Å²) in [5, 5.41) is 0. The van der Waals surface area contributed by atoms with Crippen molar-refractivity contribution in [2.75, 3.05) is 32.8 Å². The molecule has 2 saturated heterocycles. The number of halogens is 1. The molecule has 0 aromatic carbocycles. The van der Waals surface area contributed by atoms with E-state index >= 15 is 0 Å². The van der Waals surface area contributed by atoms with Crippen molar-refractivity contribution in [3.63, 3.8) is 0 Å². The van der Waals surface area contributed by atoms with E-state index in [0.29, 0.717) is 38.3 Å². The van der Waals surface area contributed by atoms with E-state index in [1.54, 1.807) is 16.7 Å². The summed E-state index contributed by atoms with van der Waals surface area (Å²) < 4.78 is 19.3. The van der Waals surface area contributed by atoms with Gasteiger partial charge in [0.1, 0.15) is 6.10 Å². The van der Waals surface area contributed by atoms with E-state index in [1.807, 2.05) is 0 Å². The predicted octanol–water partition coefficient (Wildman–Crippen LogP) is 0.993. The van der Waals surface area contributed by atoms with Crippen molar-refractivity contribution in [3.8, 4) is 0 Å². The molecule has 23 heavy (non-hydrogen) atoms. The molecular weight excluding hydrogens is 301 g/mol. The van der Waals surface area contributed by atoms with Gasteiger partial charge in [-0.2, -0.15) is 0 Å². The molecule has 0 N–H and O–H groups in total. The number of ether oxygens (including phenoxy) is 1. The van der Waals surface area contributed by atoms with Gasteiger partial charge >= 0.3 is 0 Å². The van der Waals surface area contributed by atoms with Crippen LogP contribution in [0.15, 0.2) is 12.3 Å². The van der Waals surface area contributed by atoms with Crippen molar-refractivity contribution in [2.24, 2.45) is 0 Å². The molecule has 0 aliphatic carbocycles. The first-order chi connectivity index (χ1) is 11.1. The molecule has 1 atom stereocenters. The highest BCUT2D eigenvalue weighted by Crippen LogP contribution is 2.17. The van der Waals surface area contributed by atoms with Gasteiger partial charge in [0.05, 0.1) is 0 Å². The molecule has 0 bridgehead atoms. The number of aromatic nitrogens is 1. The highest BCUT2D eigenvalue weighted by molar-refractivity contribution is 5.92. The van der Waals surface area contributed by atoms with Crippen molar-refractivity contribution in [3.05, 3.63) is 29.3 Å². The SMILES string of the molecule is Cc1cnc(C(=O)N2CCN(C(=O)C3CCCO3)CC2)c(F)c1. The molecule has 2 fully saturated rings. The van der Waals surface area contributed by atoms with Gasteiger partial charge in [0.15, 0.2) is 11.5 Å². The standard InChI is InChI=1S/C16H20FN3O3/c1-11-9-12(17)14(18-10-11)16(22)20-6-4-19(5-7-20)15(21)13-3-2-8-23-13/h9-10,13H,2-8H2,1H3. The third-order valence-corrected chi connectivity index (χ3v) is 4.26. The van der Waals surface area contributed by atoms with E-state index in [0.717, 1.165) is 12.8 Å². The minimum absolute atomic E-state index is 0.00533. The van der Waals surface area contributed by atoms with Crippen molar-refractivity contribution in [1.29, 1.82) is 0 Å². The molecule has 2 amide bonds. The van der Waals surface area contributed by atoms with Crippen LogP contribution in [0.1, 0.15) is 28.9 Å². The Balaban J connectivity index is 1.60. The molecule has 7 heteroatoms. The number of hydrogen-bond donors (Lipinski definition) is 0. The van der Waals surface area contributed by atoms with Crippen LogP contribution in [-0.4, -0.2) is 65.5 Å². The van der Waals surface area contributed by atoms with E-state index in [-0.39, 0.29) is 17.7 Å². The van der Waals surface area contributed by atoms with Crippen LogP contribution in [0.3, 0.4) is 0 Å². The van der Waals surface area contributed by atoms with Crippen LogP contribution in [-0.2, 0) is 9.53 Å². The van der Waals surface area contributed by atoms with Crippen molar-refractivity contribution in [1.82, 2.24) is 14.8 Å². The minimum Gasteiger partial charge on any atom is -0.368 e. The summed E-state index contributed by atoms with van der Waals surface area (Å²) in [5.41, 5.74) is 0.514. The summed E-state index contributed by atoms with van der Waals surface area (Å²) in [6.45, 7) is 4.00. The van der Waals surface area contributed by atoms with Crippen molar-refractivity contribution >= 4 is 11.8 Å². The fourth-order valence-electron chi connectivity index (χ4n) is 2.95. The van der Waals surface area contributed by atoms with Gasteiger partial charge in [-0.25, -0.2) is 9.37 Å². The fourth-order valence-corrected chi connectivity index (χ4v) is 2.95. The zero-order chi connectivity index (χ0) is 16.4. The van der Waals surface area contributed by atoms with Gasteiger partial charge in [-0.1, -0.05) is 0 Å². The molecule has 1 aromatic heterocycles. The lowest BCUT2D eigenvalue weighted by Gasteiger charge is -2.35. The number of nitrogens with zero attached hydrogens (tertiary/aromatic N) is 3. The van der Waals surface area contributed by atoms with E-state index in [1.165, 1.54) is 12.3 Å². The zero-order valence-electron chi connectivity index (χ0n) is 13.1. The molecule has 3 rings (SSSR count). The zero-order valence-corrected chi connectivity index (χ0v) is 13.1. The Morgan fingerprint density at radius 3 is 2.57 bits per heavy atom. The number of pyridine rings is 1. The maximum absolute atomic E-state index is 13.9. The molecular formula is C16H20FN3O3. The van der Waals surface area contributed by atoms with Crippen LogP contribution in [0.25, 0.3) is 0 Å². The molecule has 2 aliphatic rings. The molecule has 1 unspecified atom stereocenters. The molecule has 2 aliphatic heterocycles. The summed E-state index contributed by atoms with van der Waals surface area (Å²) >= 11 is 0. The minimum atomic E-state index is -0.604. The average molecular weight is 321 g/mol. The van der Waals surface area contributed by atoms with E-state index < -0.39 is 11.7 Å². The summed E-state index contributed by atoms with van der Waals surface area (Å²) in [6, 6.07) is 1.30. The summed E-state index contributed by atoms with van der Waals surface area (Å²) in [4.78, 5) is 31.8. The molecule has 3 heterocycles. The number of carbonyl (C=O) groups excluding carboxylic acids is 2. The second-order valence-corrected chi connectivity index (χ2v) is 5.96. The van der Waals surface area contributed by atoms with Gasteiger partial charge in [-0.15, -0.1) is 0 Å². The number of carbonyl (C=O) groups is 2. The van der Waals surface area contributed by atoms with Gasteiger partial charge in [0.25, 0.3) is 11.8 Å². The lowest BCUT2D eigenvalue weighted by Crippen LogP contribution is -2.53. The first-order valence-corrected chi connectivity index (χ1v) is 7.88. The molecule has 0 saturated carbocycles. The highest BCUT2D eigenvalue weighted by Gasteiger charge is 2.32. The van der Waals surface area contributed by atoms with E-state index in [4.69, 9.17) is 4.74 Å². The van der Waals surface area contributed by atoms with Gasteiger partial charge in [0, 0.05) is 39.0 Å². The quantitative estimate of drug-likeness (QED) is 0.815. The molecule has 0 radical (unpaired) electrons. The van der Waals surface area contributed by atoms with Gasteiger partial charge in [-0.05, 0) is 31.4 Å². The molecule has 1 aromatic rings. The normalized spacial score (nSPS) is 21.6. The largest absolute Gasteiger partial charge is 0.368 e. The number of hydrogen-bond acceptors (Lipinski definition) is 4. The number of aryl methyl sites for hydroxylation is 1. The first-order valence-electron chi connectivity index (χ1n) is 7.88. The Morgan fingerprint density at radius 1 is 1.26 bits per heavy atom. The van der Waals surface area contributed by atoms with Crippen molar-refractivity contribution < 1.29 is 18.7 Å². The van der Waals surface area contributed by atoms with Crippen LogP contribution in [0.4, 0.5) is 4.39 Å². The van der Waals surface area contributed by atoms with Crippen LogP contribution in [0, 0.1) is 12.7 Å².